The lowest BCUT2D eigenvalue weighted by molar-refractivity contribution is -0.122. The molecule has 0 unspecified atom stereocenters. The van der Waals surface area contributed by atoms with Crippen LogP contribution in [0.3, 0.4) is 0 Å². The highest BCUT2D eigenvalue weighted by molar-refractivity contribution is 6.03. The highest BCUT2D eigenvalue weighted by Crippen LogP contribution is 2.30. The largest absolute Gasteiger partial charge is 0.375 e. The first-order valence-corrected chi connectivity index (χ1v) is 8.31. The Kier molecular flexibility index (Phi) is 5.09. The van der Waals surface area contributed by atoms with Crippen LogP contribution in [0.25, 0.3) is 0 Å². The van der Waals surface area contributed by atoms with Crippen LogP contribution in [-0.2, 0) is 22.4 Å². The third kappa shape index (κ3) is 3.69. The fraction of sp³-hybridized carbons (Fsp3) is 0.316. The number of methoxy groups -OCH3 is 1. The van der Waals surface area contributed by atoms with Gasteiger partial charge in [0.15, 0.2) is 0 Å². The Morgan fingerprint density at radius 2 is 2.12 bits per heavy atom. The minimum atomic E-state index is -0.236. The Balaban J connectivity index is 1.75. The van der Waals surface area contributed by atoms with Crippen LogP contribution >= 0.6 is 0 Å². The third-order valence-electron chi connectivity index (χ3n) is 4.27. The minimum Gasteiger partial charge on any atom is -0.375 e. The SMILES string of the molecule is CCc1ccnc(C(=O)Nc2ccc3c(c2)CCN3C(=O)COC)c1. The van der Waals surface area contributed by atoms with E-state index >= 15 is 0 Å². The molecule has 2 aromatic rings. The van der Waals surface area contributed by atoms with Crippen LogP contribution in [0.1, 0.15) is 28.5 Å². The molecular formula is C19H21N3O3. The van der Waals surface area contributed by atoms with E-state index in [1.165, 1.54) is 7.11 Å². The molecule has 0 spiro atoms. The molecule has 1 N–H and O–H groups in total. The molecule has 1 aromatic carbocycles. The Morgan fingerprint density at radius 3 is 2.88 bits per heavy atom. The average molecular weight is 339 g/mol. The molecule has 1 aromatic heterocycles. The van der Waals surface area contributed by atoms with Crippen molar-refractivity contribution >= 4 is 23.2 Å². The van der Waals surface area contributed by atoms with Gasteiger partial charge in [0.1, 0.15) is 12.3 Å². The zero-order chi connectivity index (χ0) is 17.8. The number of ether oxygens (including phenoxy) is 1. The lowest BCUT2D eigenvalue weighted by Gasteiger charge is -2.17. The molecule has 25 heavy (non-hydrogen) atoms. The van der Waals surface area contributed by atoms with Crippen LogP contribution in [0.4, 0.5) is 11.4 Å². The molecule has 0 aliphatic carbocycles. The monoisotopic (exact) mass is 339 g/mol. The number of rotatable bonds is 5. The molecule has 2 amide bonds. The van der Waals surface area contributed by atoms with Gasteiger partial charge in [0.25, 0.3) is 11.8 Å². The fourth-order valence-electron chi connectivity index (χ4n) is 2.95. The number of aromatic nitrogens is 1. The van der Waals surface area contributed by atoms with E-state index < -0.39 is 0 Å². The molecule has 1 aliphatic heterocycles. The maximum atomic E-state index is 12.4. The maximum Gasteiger partial charge on any atom is 0.274 e. The van der Waals surface area contributed by atoms with Crippen molar-refractivity contribution in [3.05, 3.63) is 53.3 Å². The minimum absolute atomic E-state index is 0.0568. The van der Waals surface area contributed by atoms with Crippen molar-refractivity contribution in [3.63, 3.8) is 0 Å². The van der Waals surface area contributed by atoms with Crippen LogP contribution in [-0.4, -0.2) is 37.1 Å². The number of pyridine rings is 1. The van der Waals surface area contributed by atoms with Gasteiger partial charge >= 0.3 is 0 Å². The third-order valence-corrected chi connectivity index (χ3v) is 4.27. The number of carbonyl (C=O) groups is 2. The summed E-state index contributed by atoms with van der Waals surface area (Å²) in [5.41, 5.74) is 4.09. The Bertz CT molecular complexity index is 804. The molecule has 2 heterocycles. The van der Waals surface area contributed by atoms with Gasteiger partial charge < -0.3 is 15.0 Å². The van der Waals surface area contributed by atoms with Gasteiger partial charge in [-0.3, -0.25) is 14.6 Å². The number of anilines is 2. The van der Waals surface area contributed by atoms with Crippen LogP contribution in [0.15, 0.2) is 36.5 Å². The number of nitrogens with one attached hydrogen (secondary N) is 1. The van der Waals surface area contributed by atoms with Crippen LogP contribution in [0.2, 0.25) is 0 Å². The van der Waals surface area contributed by atoms with E-state index in [-0.39, 0.29) is 18.4 Å². The standard InChI is InChI=1S/C19H21N3O3/c1-3-13-6-8-20-16(10-13)19(24)21-15-4-5-17-14(11-15)7-9-22(17)18(23)12-25-2/h4-6,8,10-11H,3,7,9,12H2,1-2H3,(H,21,24). The van der Waals surface area contributed by atoms with Crippen molar-refractivity contribution in [3.8, 4) is 0 Å². The summed E-state index contributed by atoms with van der Waals surface area (Å²) in [6.45, 7) is 2.74. The number of carbonyl (C=O) groups excluding carboxylic acids is 2. The molecule has 1 aliphatic rings. The van der Waals surface area contributed by atoms with Crippen molar-refractivity contribution in [2.45, 2.75) is 19.8 Å². The van der Waals surface area contributed by atoms with E-state index in [4.69, 9.17) is 4.74 Å². The van der Waals surface area contributed by atoms with Gasteiger partial charge in [-0.25, -0.2) is 0 Å². The lowest BCUT2D eigenvalue weighted by atomic mass is 10.1. The maximum absolute atomic E-state index is 12.4. The zero-order valence-corrected chi connectivity index (χ0v) is 14.4. The van der Waals surface area contributed by atoms with E-state index in [9.17, 15) is 9.59 Å². The van der Waals surface area contributed by atoms with E-state index in [2.05, 4.69) is 10.3 Å². The predicted octanol–water partition coefficient (Wildman–Crippen LogP) is 2.43. The summed E-state index contributed by atoms with van der Waals surface area (Å²) >= 11 is 0. The van der Waals surface area contributed by atoms with E-state index in [0.717, 1.165) is 29.7 Å². The topological polar surface area (TPSA) is 71.5 Å². The first kappa shape index (κ1) is 17.1. The van der Waals surface area contributed by atoms with Gasteiger partial charge in [0.2, 0.25) is 0 Å². The first-order valence-electron chi connectivity index (χ1n) is 8.31. The number of aryl methyl sites for hydroxylation is 1. The summed E-state index contributed by atoms with van der Waals surface area (Å²) in [6, 6.07) is 9.28. The molecular weight excluding hydrogens is 318 g/mol. The van der Waals surface area contributed by atoms with Gasteiger partial charge in [0.05, 0.1) is 0 Å². The summed E-state index contributed by atoms with van der Waals surface area (Å²) in [6.07, 6.45) is 3.26. The van der Waals surface area contributed by atoms with Gasteiger partial charge in [-0.15, -0.1) is 0 Å². The molecule has 0 bridgehead atoms. The number of nitrogens with zero attached hydrogens (tertiary/aromatic N) is 2. The Labute approximate surface area is 146 Å². The predicted molar refractivity (Wildman–Crippen MR) is 95.9 cm³/mol. The summed E-state index contributed by atoms with van der Waals surface area (Å²) < 4.78 is 4.92. The van der Waals surface area contributed by atoms with Crippen LogP contribution < -0.4 is 10.2 Å². The van der Waals surface area contributed by atoms with Crippen molar-refractivity contribution in [1.29, 1.82) is 0 Å². The lowest BCUT2D eigenvalue weighted by Crippen LogP contribution is -2.31. The number of hydrogen-bond donors (Lipinski definition) is 1. The van der Waals surface area contributed by atoms with Gasteiger partial charge in [-0.2, -0.15) is 0 Å². The summed E-state index contributed by atoms with van der Waals surface area (Å²) in [7, 11) is 1.51. The van der Waals surface area contributed by atoms with E-state index in [0.29, 0.717) is 17.9 Å². The summed E-state index contributed by atoms with van der Waals surface area (Å²) in [4.78, 5) is 30.3. The molecule has 0 fully saturated rings. The quantitative estimate of drug-likeness (QED) is 0.908. The molecule has 0 saturated carbocycles. The van der Waals surface area contributed by atoms with Crippen molar-refractivity contribution in [1.82, 2.24) is 4.98 Å². The first-order chi connectivity index (χ1) is 12.1. The van der Waals surface area contributed by atoms with E-state index in [1.807, 2.05) is 25.1 Å². The molecule has 0 radical (unpaired) electrons. The normalized spacial score (nSPS) is 12.8. The van der Waals surface area contributed by atoms with Crippen molar-refractivity contribution in [2.75, 3.05) is 30.5 Å². The second-order valence-corrected chi connectivity index (χ2v) is 5.93. The number of hydrogen-bond acceptors (Lipinski definition) is 4. The smallest absolute Gasteiger partial charge is 0.274 e. The van der Waals surface area contributed by atoms with Crippen molar-refractivity contribution < 1.29 is 14.3 Å². The van der Waals surface area contributed by atoms with Gasteiger partial charge in [-0.05, 0) is 54.3 Å². The van der Waals surface area contributed by atoms with Crippen molar-refractivity contribution in [2.24, 2.45) is 0 Å². The molecule has 130 valence electrons. The highest BCUT2D eigenvalue weighted by Gasteiger charge is 2.24. The number of amides is 2. The summed E-state index contributed by atoms with van der Waals surface area (Å²) in [5.74, 6) is -0.292. The fourth-order valence-corrected chi connectivity index (χ4v) is 2.95. The van der Waals surface area contributed by atoms with Gasteiger partial charge in [0, 0.05) is 31.2 Å². The van der Waals surface area contributed by atoms with Crippen LogP contribution in [0.5, 0.6) is 0 Å². The van der Waals surface area contributed by atoms with E-state index in [1.54, 1.807) is 23.2 Å². The Hall–Kier alpha value is -2.73. The number of benzene rings is 1. The second kappa shape index (κ2) is 7.44. The van der Waals surface area contributed by atoms with Gasteiger partial charge in [-0.1, -0.05) is 6.92 Å². The average Bonchev–Trinajstić information content (AvgIpc) is 3.05. The second-order valence-electron chi connectivity index (χ2n) is 5.93. The highest BCUT2D eigenvalue weighted by atomic mass is 16.5. The zero-order valence-electron chi connectivity index (χ0n) is 14.4. The summed E-state index contributed by atoms with van der Waals surface area (Å²) in [5, 5.41) is 2.88. The van der Waals surface area contributed by atoms with Crippen LogP contribution in [0, 0.1) is 0 Å². The molecule has 3 rings (SSSR count). The molecule has 0 atom stereocenters. The Morgan fingerprint density at radius 1 is 1.28 bits per heavy atom. The molecule has 6 heteroatoms. The molecule has 6 nitrogen and oxygen atoms in total. The molecule has 0 saturated heterocycles. The number of fused-ring (bicyclic) bond motifs is 1.